The second-order valence-electron chi connectivity index (χ2n) is 6.37. The molecule has 0 aromatic heterocycles. The molecule has 2 aliphatic heterocycles. The SMILES string of the molecule is O=C1CCN(C(=O)C2CCC3CCCCC3N2)CCN1. The van der Waals surface area contributed by atoms with E-state index in [4.69, 9.17) is 0 Å². The Kier molecular flexibility index (Phi) is 4.24. The van der Waals surface area contributed by atoms with Crippen LogP contribution in [0.1, 0.15) is 44.9 Å². The van der Waals surface area contributed by atoms with E-state index in [0.717, 1.165) is 12.3 Å². The molecule has 1 aliphatic carbocycles. The van der Waals surface area contributed by atoms with Crippen LogP contribution < -0.4 is 10.6 Å². The van der Waals surface area contributed by atoms with E-state index in [0.29, 0.717) is 32.1 Å². The highest BCUT2D eigenvalue weighted by atomic mass is 16.2. The minimum atomic E-state index is -0.0254. The lowest BCUT2D eigenvalue weighted by molar-refractivity contribution is -0.134. The van der Waals surface area contributed by atoms with Gasteiger partial charge in [-0.2, -0.15) is 0 Å². The van der Waals surface area contributed by atoms with Gasteiger partial charge < -0.3 is 15.5 Å². The van der Waals surface area contributed by atoms with Gasteiger partial charge in [-0.05, 0) is 31.6 Å². The molecule has 2 amide bonds. The molecule has 0 spiro atoms. The van der Waals surface area contributed by atoms with Crippen molar-refractivity contribution in [1.29, 1.82) is 0 Å². The molecule has 3 unspecified atom stereocenters. The molecule has 2 N–H and O–H groups in total. The Balaban J connectivity index is 1.58. The molecule has 5 heteroatoms. The molecule has 0 radical (unpaired) electrons. The Morgan fingerprint density at radius 3 is 2.85 bits per heavy atom. The molecule has 3 fully saturated rings. The first kappa shape index (κ1) is 13.9. The third-order valence-corrected chi connectivity index (χ3v) is 5.07. The predicted octanol–water partition coefficient (Wildman–Crippen LogP) is 0.646. The fourth-order valence-electron chi connectivity index (χ4n) is 3.90. The first-order valence-electron chi connectivity index (χ1n) is 8.05. The van der Waals surface area contributed by atoms with E-state index in [1.807, 2.05) is 4.90 Å². The van der Waals surface area contributed by atoms with E-state index < -0.39 is 0 Å². The number of amides is 2. The maximum absolute atomic E-state index is 12.6. The molecule has 3 rings (SSSR count). The van der Waals surface area contributed by atoms with Crippen LogP contribution in [0, 0.1) is 5.92 Å². The van der Waals surface area contributed by atoms with Gasteiger partial charge in [0.15, 0.2) is 0 Å². The summed E-state index contributed by atoms with van der Waals surface area (Å²) in [6.45, 7) is 1.80. The van der Waals surface area contributed by atoms with E-state index >= 15 is 0 Å². The highest BCUT2D eigenvalue weighted by molar-refractivity contribution is 5.83. The molecule has 3 atom stereocenters. The summed E-state index contributed by atoms with van der Waals surface area (Å²) in [5.41, 5.74) is 0. The minimum Gasteiger partial charge on any atom is -0.354 e. The highest BCUT2D eigenvalue weighted by Gasteiger charge is 2.36. The number of carbonyl (C=O) groups excluding carboxylic acids is 2. The van der Waals surface area contributed by atoms with Crippen LogP contribution >= 0.6 is 0 Å². The van der Waals surface area contributed by atoms with E-state index in [1.54, 1.807) is 0 Å². The van der Waals surface area contributed by atoms with Gasteiger partial charge in [-0.15, -0.1) is 0 Å². The largest absolute Gasteiger partial charge is 0.354 e. The third-order valence-electron chi connectivity index (χ3n) is 5.07. The number of fused-ring (bicyclic) bond motifs is 1. The lowest BCUT2D eigenvalue weighted by atomic mass is 9.77. The Bertz CT molecular complexity index is 385. The normalized spacial score (nSPS) is 34.9. The molecule has 20 heavy (non-hydrogen) atoms. The van der Waals surface area contributed by atoms with Crippen molar-refractivity contribution >= 4 is 11.8 Å². The topological polar surface area (TPSA) is 61.4 Å². The molecule has 0 aromatic carbocycles. The van der Waals surface area contributed by atoms with E-state index in [-0.39, 0.29) is 17.9 Å². The van der Waals surface area contributed by atoms with Gasteiger partial charge >= 0.3 is 0 Å². The molecule has 112 valence electrons. The number of piperidine rings is 1. The van der Waals surface area contributed by atoms with Crippen LogP contribution in [0.4, 0.5) is 0 Å². The fourth-order valence-corrected chi connectivity index (χ4v) is 3.90. The maximum atomic E-state index is 12.6. The van der Waals surface area contributed by atoms with Crippen molar-refractivity contribution in [2.45, 2.75) is 57.0 Å². The molecule has 0 aromatic rings. The van der Waals surface area contributed by atoms with Gasteiger partial charge in [-0.3, -0.25) is 9.59 Å². The Morgan fingerprint density at radius 1 is 1.10 bits per heavy atom. The number of hydrogen-bond acceptors (Lipinski definition) is 3. The van der Waals surface area contributed by atoms with Crippen LogP contribution in [-0.4, -0.2) is 48.4 Å². The van der Waals surface area contributed by atoms with Gasteiger partial charge in [-0.25, -0.2) is 0 Å². The molecule has 2 heterocycles. The Morgan fingerprint density at radius 2 is 1.95 bits per heavy atom. The van der Waals surface area contributed by atoms with Crippen molar-refractivity contribution in [1.82, 2.24) is 15.5 Å². The zero-order valence-electron chi connectivity index (χ0n) is 12.1. The van der Waals surface area contributed by atoms with Crippen molar-refractivity contribution in [3.05, 3.63) is 0 Å². The molecule has 0 bridgehead atoms. The van der Waals surface area contributed by atoms with E-state index in [1.165, 1.54) is 32.1 Å². The van der Waals surface area contributed by atoms with Gasteiger partial charge in [0.1, 0.15) is 0 Å². The Labute approximate surface area is 120 Å². The van der Waals surface area contributed by atoms with Gasteiger partial charge in [0.25, 0.3) is 0 Å². The number of nitrogens with one attached hydrogen (secondary N) is 2. The monoisotopic (exact) mass is 279 g/mol. The van der Waals surface area contributed by atoms with Crippen LogP contribution in [0.25, 0.3) is 0 Å². The van der Waals surface area contributed by atoms with Gasteiger partial charge in [-0.1, -0.05) is 12.8 Å². The minimum absolute atomic E-state index is 0.0254. The summed E-state index contributed by atoms with van der Waals surface area (Å²) >= 11 is 0. The van der Waals surface area contributed by atoms with Gasteiger partial charge in [0, 0.05) is 32.1 Å². The van der Waals surface area contributed by atoms with Crippen molar-refractivity contribution < 1.29 is 9.59 Å². The summed E-state index contributed by atoms with van der Waals surface area (Å²) in [5.74, 6) is 1.04. The van der Waals surface area contributed by atoms with Crippen LogP contribution in [0.2, 0.25) is 0 Å². The fraction of sp³-hybridized carbons (Fsp3) is 0.867. The maximum Gasteiger partial charge on any atom is 0.239 e. The highest BCUT2D eigenvalue weighted by Crippen LogP contribution is 2.32. The zero-order chi connectivity index (χ0) is 13.9. The van der Waals surface area contributed by atoms with Crippen LogP contribution in [0.15, 0.2) is 0 Å². The first-order chi connectivity index (χ1) is 9.74. The van der Waals surface area contributed by atoms with Crippen molar-refractivity contribution in [3.8, 4) is 0 Å². The lowest BCUT2D eigenvalue weighted by Gasteiger charge is -2.41. The summed E-state index contributed by atoms with van der Waals surface area (Å²) in [7, 11) is 0. The Hall–Kier alpha value is -1.10. The van der Waals surface area contributed by atoms with Crippen molar-refractivity contribution in [3.63, 3.8) is 0 Å². The van der Waals surface area contributed by atoms with Gasteiger partial charge in [0.05, 0.1) is 6.04 Å². The summed E-state index contributed by atoms with van der Waals surface area (Å²) in [6, 6.07) is 0.515. The second kappa shape index (κ2) is 6.12. The van der Waals surface area contributed by atoms with Gasteiger partial charge in [0.2, 0.25) is 11.8 Å². The molecular formula is C15H25N3O2. The molecule has 3 aliphatic rings. The van der Waals surface area contributed by atoms with Crippen LogP contribution in [0.5, 0.6) is 0 Å². The molecule has 1 saturated carbocycles. The smallest absolute Gasteiger partial charge is 0.239 e. The average Bonchev–Trinajstić information content (AvgIpc) is 2.71. The molecule has 2 saturated heterocycles. The summed E-state index contributed by atoms with van der Waals surface area (Å²) in [6.07, 6.45) is 7.75. The molecule has 5 nitrogen and oxygen atoms in total. The number of rotatable bonds is 1. The standard InChI is InChI=1S/C15H25N3O2/c19-14-7-9-18(10-8-16-14)15(20)13-6-5-11-3-1-2-4-12(11)17-13/h11-13,17H,1-10H2,(H,16,19). The first-order valence-corrected chi connectivity index (χ1v) is 8.05. The predicted molar refractivity (Wildman–Crippen MR) is 76.1 cm³/mol. The van der Waals surface area contributed by atoms with Crippen LogP contribution in [-0.2, 0) is 9.59 Å². The third kappa shape index (κ3) is 2.97. The number of nitrogens with zero attached hydrogens (tertiary/aromatic N) is 1. The average molecular weight is 279 g/mol. The van der Waals surface area contributed by atoms with Crippen molar-refractivity contribution in [2.24, 2.45) is 5.92 Å². The zero-order valence-corrected chi connectivity index (χ0v) is 12.1. The quantitative estimate of drug-likeness (QED) is 0.741. The van der Waals surface area contributed by atoms with E-state index in [9.17, 15) is 9.59 Å². The number of carbonyl (C=O) groups is 2. The van der Waals surface area contributed by atoms with Crippen LogP contribution in [0.3, 0.4) is 0 Å². The summed E-state index contributed by atoms with van der Waals surface area (Å²) in [4.78, 5) is 25.8. The summed E-state index contributed by atoms with van der Waals surface area (Å²) in [5, 5.41) is 6.41. The van der Waals surface area contributed by atoms with E-state index in [2.05, 4.69) is 10.6 Å². The van der Waals surface area contributed by atoms with Crippen molar-refractivity contribution in [2.75, 3.05) is 19.6 Å². The molecular weight excluding hydrogens is 254 g/mol. The second-order valence-corrected chi connectivity index (χ2v) is 6.37. The number of hydrogen-bond donors (Lipinski definition) is 2. The summed E-state index contributed by atoms with van der Waals surface area (Å²) < 4.78 is 0. The lowest BCUT2D eigenvalue weighted by Crippen LogP contribution is -2.56.